The SMILES string of the molecule is CC1=[N+](C)C(C)N(C)C1. The van der Waals surface area contributed by atoms with Gasteiger partial charge in [-0.05, 0) is 7.05 Å². The van der Waals surface area contributed by atoms with Gasteiger partial charge in [-0.1, -0.05) is 0 Å². The molecular weight excluding hydrogens is 112 g/mol. The summed E-state index contributed by atoms with van der Waals surface area (Å²) in [5, 5.41) is 0. The van der Waals surface area contributed by atoms with Gasteiger partial charge in [0.1, 0.15) is 7.05 Å². The Morgan fingerprint density at radius 1 is 1.67 bits per heavy atom. The number of rotatable bonds is 0. The molecule has 0 saturated carbocycles. The molecule has 0 spiro atoms. The smallest absolute Gasteiger partial charge is 0.206 e. The zero-order valence-corrected chi connectivity index (χ0v) is 6.68. The van der Waals surface area contributed by atoms with E-state index in [0.29, 0.717) is 6.17 Å². The van der Waals surface area contributed by atoms with Crippen LogP contribution in [0.4, 0.5) is 0 Å². The van der Waals surface area contributed by atoms with E-state index >= 15 is 0 Å². The van der Waals surface area contributed by atoms with E-state index in [1.165, 1.54) is 5.71 Å². The van der Waals surface area contributed by atoms with Crippen LogP contribution >= 0.6 is 0 Å². The van der Waals surface area contributed by atoms with E-state index in [1.807, 2.05) is 0 Å². The second-order valence-electron chi connectivity index (χ2n) is 2.89. The molecular formula is C7H15N2+. The highest BCUT2D eigenvalue weighted by Gasteiger charge is 2.27. The van der Waals surface area contributed by atoms with E-state index in [4.69, 9.17) is 0 Å². The predicted molar refractivity (Wildman–Crippen MR) is 39.0 cm³/mol. The highest BCUT2D eigenvalue weighted by atomic mass is 15.3. The summed E-state index contributed by atoms with van der Waals surface area (Å²) in [6, 6.07) is 0. The topological polar surface area (TPSA) is 6.25 Å². The quantitative estimate of drug-likeness (QED) is 0.426. The molecule has 1 rings (SSSR count). The fourth-order valence-electron chi connectivity index (χ4n) is 1.22. The lowest BCUT2D eigenvalue weighted by molar-refractivity contribution is -0.545. The van der Waals surface area contributed by atoms with Crippen LogP contribution in [0.15, 0.2) is 0 Å². The summed E-state index contributed by atoms with van der Waals surface area (Å²) in [5.41, 5.74) is 1.46. The minimum Gasteiger partial charge on any atom is -0.239 e. The van der Waals surface area contributed by atoms with Crippen LogP contribution in [0.25, 0.3) is 0 Å². The van der Waals surface area contributed by atoms with Crippen LogP contribution < -0.4 is 0 Å². The van der Waals surface area contributed by atoms with Crippen molar-refractivity contribution in [3.8, 4) is 0 Å². The third-order valence-corrected chi connectivity index (χ3v) is 2.28. The van der Waals surface area contributed by atoms with Gasteiger partial charge in [-0.15, -0.1) is 0 Å². The Bertz CT molecular complexity index is 149. The van der Waals surface area contributed by atoms with Crippen molar-refractivity contribution in [2.24, 2.45) is 0 Å². The van der Waals surface area contributed by atoms with Gasteiger partial charge in [-0.2, -0.15) is 0 Å². The Balaban J connectivity index is 2.74. The summed E-state index contributed by atoms with van der Waals surface area (Å²) in [6.45, 7) is 5.52. The molecule has 0 aromatic rings. The van der Waals surface area contributed by atoms with E-state index < -0.39 is 0 Å². The van der Waals surface area contributed by atoms with Crippen LogP contribution in [0.1, 0.15) is 13.8 Å². The van der Waals surface area contributed by atoms with E-state index in [0.717, 1.165) is 6.54 Å². The first kappa shape index (κ1) is 6.75. The van der Waals surface area contributed by atoms with Gasteiger partial charge in [0.2, 0.25) is 6.17 Å². The summed E-state index contributed by atoms with van der Waals surface area (Å²) in [7, 11) is 4.29. The summed E-state index contributed by atoms with van der Waals surface area (Å²) in [5.74, 6) is 0. The monoisotopic (exact) mass is 127 g/mol. The van der Waals surface area contributed by atoms with Gasteiger partial charge in [-0.3, -0.25) is 0 Å². The average Bonchev–Trinajstić information content (AvgIpc) is 1.98. The maximum atomic E-state index is 2.33. The minimum absolute atomic E-state index is 0.588. The van der Waals surface area contributed by atoms with Crippen LogP contribution in [-0.2, 0) is 0 Å². The molecule has 0 saturated heterocycles. The van der Waals surface area contributed by atoms with Crippen molar-refractivity contribution in [3.05, 3.63) is 0 Å². The molecule has 52 valence electrons. The Hall–Kier alpha value is -0.370. The summed E-state index contributed by atoms with van der Waals surface area (Å²) in [6.07, 6.45) is 0.588. The number of hydrogen-bond acceptors (Lipinski definition) is 1. The number of nitrogens with zero attached hydrogens (tertiary/aromatic N) is 2. The molecule has 1 atom stereocenters. The largest absolute Gasteiger partial charge is 0.239 e. The van der Waals surface area contributed by atoms with Crippen molar-refractivity contribution in [3.63, 3.8) is 0 Å². The molecule has 0 N–H and O–H groups in total. The molecule has 2 heteroatoms. The highest BCUT2D eigenvalue weighted by Crippen LogP contribution is 2.03. The van der Waals surface area contributed by atoms with E-state index in [-0.39, 0.29) is 0 Å². The van der Waals surface area contributed by atoms with Crippen molar-refractivity contribution in [2.75, 3.05) is 20.6 Å². The lowest BCUT2D eigenvalue weighted by Crippen LogP contribution is -2.29. The first-order valence-corrected chi connectivity index (χ1v) is 3.38. The minimum atomic E-state index is 0.588. The van der Waals surface area contributed by atoms with Gasteiger partial charge in [0, 0.05) is 13.8 Å². The van der Waals surface area contributed by atoms with Crippen LogP contribution in [-0.4, -0.2) is 42.0 Å². The molecule has 9 heavy (non-hydrogen) atoms. The van der Waals surface area contributed by atoms with Crippen LogP contribution in [0.5, 0.6) is 0 Å². The van der Waals surface area contributed by atoms with Crippen LogP contribution in [0.2, 0.25) is 0 Å². The highest BCUT2D eigenvalue weighted by molar-refractivity contribution is 5.79. The summed E-state index contributed by atoms with van der Waals surface area (Å²) >= 11 is 0. The van der Waals surface area contributed by atoms with E-state index in [9.17, 15) is 0 Å². The molecule has 0 aliphatic carbocycles. The third kappa shape index (κ3) is 0.990. The standard InChI is InChI=1S/C7H15N2/c1-6-5-8(3)7(2)9(6)4/h7H,5H2,1-4H3/q+1. The third-order valence-electron chi connectivity index (χ3n) is 2.28. The average molecular weight is 127 g/mol. The lowest BCUT2D eigenvalue weighted by Gasteiger charge is -2.08. The maximum absolute atomic E-state index is 2.33. The normalized spacial score (nSPS) is 30.0. The molecule has 0 fully saturated rings. The van der Waals surface area contributed by atoms with Gasteiger partial charge in [0.05, 0.1) is 6.54 Å². The molecule has 0 aromatic heterocycles. The van der Waals surface area contributed by atoms with Crippen LogP contribution in [0, 0.1) is 0 Å². The first-order valence-electron chi connectivity index (χ1n) is 3.38. The Morgan fingerprint density at radius 2 is 2.22 bits per heavy atom. The molecule has 0 bridgehead atoms. The number of hydrogen-bond donors (Lipinski definition) is 0. The molecule has 0 amide bonds. The maximum Gasteiger partial charge on any atom is 0.206 e. The van der Waals surface area contributed by atoms with Crippen molar-refractivity contribution in [2.45, 2.75) is 20.0 Å². The Labute approximate surface area is 56.8 Å². The van der Waals surface area contributed by atoms with Gasteiger partial charge in [0.25, 0.3) is 0 Å². The van der Waals surface area contributed by atoms with E-state index in [2.05, 4.69) is 37.4 Å². The van der Waals surface area contributed by atoms with Crippen molar-refractivity contribution in [1.82, 2.24) is 4.90 Å². The molecule has 1 unspecified atom stereocenters. The second-order valence-corrected chi connectivity index (χ2v) is 2.89. The molecule has 0 aromatic carbocycles. The predicted octanol–water partition coefficient (Wildman–Crippen LogP) is 0.381. The fraction of sp³-hybridized carbons (Fsp3) is 0.857. The Kier molecular flexibility index (Phi) is 1.58. The molecule has 1 aliphatic heterocycles. The van der Waals surface area contributed by atoms with Crippen molar-refractivity contribution >= 4 is 5.71 Å². The first-order chi connectivity index (χ1) is 4.13. The fourth-order valence-corrected chi connectivity index (χ4v) is 1.22. The zero-order chi connectivity index (χ0) is 7.02. The Morgan fingerprint density at radius 3 is 2.33 bits per heavy atom. The van der Waals surface area contributed by atoms with Crippen LogP contribution in [0.3, 0.4) is 0 Å². The van der Waals surface area contributed by atoms with Crippen molar-refractivity contribution < 1.29 is 4.58 Å². The van der Waals surface area contributed by atoms with Crippen molar-refractivity contribution in [1.29, 1.82) is 0 Å². The second kappa shape index (κ2) is 2.10. The molecule has 1 heterocycles. The molecule has 0 radical (unpaired) electrons. The van der Waals surface area contributed by atoms with Gasteiger partial charge >= 0.3 is 0 Å². The molecule has 2 nitrogen and oxygen atoms in total. The van der Waals surface area contributed by atoms with Gasteiger partial charge in [0.15, 0.2) is 5.71 Å². The zero-order valence-electron chi connectivity index (χ0n) is 6.68. The molecule has 1 aliphatic rings. The summed E-state index contributed by atoms with van der Waals surface area (Å²) < 4.78 is 2.31. The van der Waals surface area contributed by atoms with Gasteiger partial charge < -0.3 is 0 Å². The van der Waals surface area contributed by atoms with E-state index in [1.54, 1.807) is 0 Å². The lowest BCUT2D eigenvalue weighted by atomic mass is 10.4. The van der Waals surface area contributed by atoms with Gasteiger partial charge in [-0.25, -0.2) is 9.48 Å². The summed E-state index contributed by atoms with van der Waals surface area (Å²) in [4.78, 5) is 2.33.